The highest BCUT2D eigenvalue weighted by Crippen LogP contribution is 2.20. The Morgan fingerprint density at radius 2 is 1.64 bits per heavy atom. The van der Waals surface area contributed by atoms with Crippen molar-refractivity contribution in [2.45, 2.75) is 26.3 Å². The third kappa shape index (κ3) is 5.82. The second kappa shape index (κ2) is 11.7. The number of hydrogen-bond acceptors (Lipinski definition) is 6. The topological polar surface area (TPSA) is 78.9 Å². The SMILES string of the molecule is CC[C@H](C)N(CC(=O)N1CCN(c2ccc(-c3ccccc3)nn2)CC1)C(=O)c1ccc(OC)cc1. The summed E-state index contributed by atoms with van der Waals surface area (Å²) in [6.07, 6.45) is 0.764. The van der Waals surface area contributed by atoms with Crippen LogP contribution in [0.1, 0.15) is 30.6 Å². The largest absolute Gasteiger partial charge is 0.497 e. The number of anilines is 1. The van der Waals surface area contributed by atoms with Crippen LogP contribution in [0.15, 0.2) is 66.7 Å². The zero-order valence-electron chi connectivity index (χ0n) is 21.1. The Labute approximate surface area is 212 Å². The van der Waals surface area contributed by atoms with E-state index < -0.39 is 0 Å². The molecule has 0 aliphatic carbocycles. The first kappa shape index (κ1) is 25.2. The van der Waals surface area contributed by atoms with Gasteiger partial charge in [-0.05, 0) is 49.7 Å². The summed E-state index contributed by atoms with van der Waals surface area (Å²) in [6.45, 7) is 6.54. The lowest BCUT2D eigenvalue weighted by Crippen LogP contribution is -2.53. The summed E-state index contributed by atoms with van der Waals surface area (Å²) >= 11 is 0. The molecule has 1 aliphatic rings. The van der Waals surface area contributed by atoms with Crippen LogP contribution in [0.5, 0.6) is 5.75 Å². The molecule has 0 N–H and O–H groups in total. The quantitative estimate of drug-likeness (QED) is 0.482. The average Bonchev–Trinajstić information content (AvgIpc) is 2.95. The van der Waals surface area contributed by atoms with Gasteiger partial charge in [0.15, 0.2) is 5.82 Å². The van der Waals surface area contributed by atoms with Gasteiger partial charge in [0.1, 0.15) is 12.3 Å². The van der Waals surface area contributed by atoms with E-state index >= 15 is 0 Å². The van der Waals surface area contributed by atoms with Gasteiger partial charge in [0.2, 0.25) is 5.91 Å². The molecule has 2 aromatic carbocycles. The van der Waals surface area contributed by atoms with Gasteiger partial charge in [-0.15, -0.1) is 10.2 Å². The van der Waals surface area contributed by atoms with E-state index in [4.69, 9.17) is 4.74 Å². The number of amides is 2. The third-order valence-corrected chi connectivity index (χ3v) is 6.70. The summed E-state index contributed by atoms with van der Waals surface area (Å²) in [5.74, 6) is 1.31. The summed E-state index contributed by atoms with van der Waals surface area (Å²) in [7, 11) is 1.59. The Morgan fingerprint density at radius 3 is 2.22 bits per heavy atom. The zero-order valence-corrected chi connectivity index (χ0v) is 21.1. The third-order valence-electron chi connectivity index (χ3n) is 6.70. The highest BCUT2D eigenvalue weighted by Gasteiger charge is 2.28. The van der Waals surface area contributed by atoms with Crippen LogP contribution in [0, 0.1) is 0 Å². The van der Waals surface area contributed by atoms with Crippen molar-refractivity contribution in [2.75, 3.05) is 44.7 Å². The second-order valence-electron chi connectivity index (χ2n) is 8.93. The molecule has 8 nitrogen and oxygen atoms in total. The van der Waals surface area contributed by atoms with Crippen LogP contribution in [0.2, 0.25) is 0 Å². The van der Waals surface area contributed by atoms with Crippen LogP contribution in [0.25, 0.3) is 11.3 Å². The molecule has 1 aromatic heterocycles. The molecule has 0 radical (unpaired) electrons. The van der Waals surface area contributed by atoms with E-state index in [2.05, 4.69) is 15.1 Å². The maximum absolute atomic E-state index is 13.2. The van der Waals surface area contributed by atoms with Crippen LogP contribution >= 0.6 is 0 Å². The highest BCUT2D eigenvalue weighted by molar-refractivity contribution is 5.96. The van der Waals surface area contributed by atoms with Gasteiger partial charge in [-0.3, -0.25) is 9.59 Å². The number of ether oxygens (including phenoxy) is 1. The van der Waals surface area contributed by atoms with Crippen LogP contribution in [0.3, 0.4) is 0 Å². The van der Waals surface area contributed by atoms with Crippen molar-refractivity contribution in [1.29, 1.82) is 0 Å². The zero-order chi connectivity index (χ0) is 25.5. The molecular weight excluding hydrogens is 454 g/mol. The van der Waals surface area contributed by atoms with Gasteiger partial charge < -0.3 is 19.4 Å². The number of carbonyl (C=O) groups excluding carboxylic acids is 2. The lowest BCUT2D eigenvalue weighted by molar-refractivity contribution is -0.132. The first-order valence-corrected chi connectivity index (χ1v) is 12.4. The predicted molar refractivity (Wildman–Crippen MR) is 140 cm³/mol. The Balaban J connectivity index is 1.36. The maximum Gasteiger partial charge on any atom is 0.254 e. The minimum atomic E-state index is -0.146. The van der Waals surface area contributed by atoms with Crippen molar-refractivity contribution in [3.8, 4) is 17.0 Å². The molecule has 1 aliphatic heterocycles. The van der Waals surface area contributed by atoms with Gasteiger partial charge in [0.25, 0.3) is 5.91 Å². The normalized spacial score (nSPS) is 14.3. The van der Waals surface area contributed by atoms with Crippen molar-refractivity contribution >= 4 is 17.6 Å². The summed E-state index contributed by atoms with van der Waals surface area (Å²) in [5.41, 5.74) is 2.41. The number of hydrogen-bond donors (Lipinski definition) is 0. The fraction of sp³-hybridized carbons (Fsp3) is 0.357. The molecule has 1 saturated heterocycles. The fourth-order valence-corrected chi connectivity index (χ4v) is 4.24. The summed E-state index contributed by atoms with van der Waals surface area (Å²) in [6, 6.07) is 20.9. The monoisotopic (exact) mass is 487 g/mol. The Kier molecular flexibility index (Phi) is 8.15. The van der Waals surface area contributed by atoms with Crippen molar-refractivity contribution < 1.29 is 14.3 Å². The number of nitrogens with zero attached hydrogens (tertiary/aromatic N) is 5. The van der Waals surface area contributed by atoms with Crippen LogP contribution in [-0.4, -0.2) is 77.7 Å². The molecule has 0 bridgehead atoms. The lowest BCUT2D eigenvalue weighted by atomic mass is 10.1. The number of piperazine rings is 1. The molecule has 0 spiro atoms. The summed E-state index contributed by atoms with van der Waals surface area (Å²) in [5, 5.41) is 8.79. The van der Waals surface area contributed by atoms with Gasteiger partial charge in [-0.1, -0.05) is 37.3 Å². The van der Waals surface area contributed by atoms with E-state index in [-0.39, 0.29) is 24.4 Å². The molecule has 0 unspecified atom stereocenters. The first-order chi connectivity index (χ1) is 17.5. The summed E-state index contributed by atoms with van der Waals surface area (Å²) < 4.78 is 5.19. The van der Waals surface area contributed by atoms with E-state index in [1.165, 1.54) is 0 Å². The van der Waals surface area contributed by atoms with E-state index in [1.54, 1.807) is 36.3 Å². The molecule has 3 aromatic rings. The first-order valence-electron chi connectivity index (χ1n) is 12.4. The minimum absolute atomic E-state index is 0.0395. The molecule has 0 saturated carbocycles. The average molecular weight is 488 g/mol. The van der Waals surface area contributed by atoms with Gasteiger partial charge >= 0.3 is 0 Å². The van der Waals surface area contributed by atoms with Crippen molar-refractivity contribution in [2.24, 2.45) is 0 Å². The number of rotatable bonds is 8. The van der Waals surface area contributed by atoms with Crippen LogP contribution < -0.4 is 9.64 Å². The number of aromatic nitrogens is 2. The van der Waals surface area contributed by atoms with Crippen molar-refractivity contribution in [3.63, 3.8) is 0 Å². The van der Waals surface area contributed by atoms with E-state index in [1.807, 2.05) is 61.2 Å². The molecule has 8 heteroatoms. The van der Waals surface area contributed by atoms with E-state index in [0.29, 0.717) is 37.5 Å². The minimum Gasteiger partial charge on any atom is -0.497 e. The van der Waals surface area contributed by atoms with Crippen molar-refractivity contribution in [3.05, 3.63) is 72.3 Å². The molecule has 4 rings (SSSR count). The number of methoxy groups -OCH3 is 1. The molecule has 2 heterocycles. The Morgan fingerprint density at radius 1 is 0.944 bits per heavy atom. The van der Waals surface area contributed by atoms with Gasteiger partial charge in [-0.2, -0.15) is 0 Å². The Hall–Kier alpha value is -3.94. The molecular formula is C28H33N5O3. The summed E-state index contributed by atoms with van der Waals surface area (Å²) in [4.78, 5) is 32.0. The van der Waals surface area contributed by atoms with Gasteiger partial charge in [-0.25, -0.2) is 0 Å². The molecule has 188 valence electrons. The fourth-order valence-electron chi connectivity index (χ4n) is 4.24. The van der Waals surface area contributed by atoms with Gasteiger partial charge in [0.05, 0.1) is 12.8 Å². The second-order valence-corrected chi connectivity index (χ2v) is 8.93. The van der Waals surface area contributed by atoms with Gasteiger partial charge in [0, 0.05) is 43.3 Å². The van der Waals surface area contributed by atoms with E-state index in [0.717, 1.165) is 23.5 Å². The molecule has 36 heavy (non-hydrogen) atoms. The smallest absolute Gasteiger partial charge is 0.254 e. The predicted octanol–water partition coefficient (Wildman–Crippen LogP) is 3.74. The standard InChI is InChI=1S/C28H33N5O3/c1-4-21(2)33(28(35)23-10-12-24(36-3)13-11-23)20-27(34)32-18-16-31(17-19-32)26-15-14-25(29-30-26)22-8-6-5-7-9-22/h5-15,21H,4,16-20H2,1-3H3/t21-/m0/s1. The van der Waals surface area contributed by atoms with Crippen LogP contribution in [0.4, 0.5) is 5.82 Å². The molecule has 2 amide bonds. The van der Waals surface area contributed by atoms with Crippen LogP contribution in [-0.2, 0) is 4.79 Å². The number of benzene rings is 2. The number of carbonyl (C=O) groups is 2. The lowest BCUT2D eigenvalue weighted by Gasteiger charge is -2.37. The maximum atomic E-state index is 13.2. The van der Waals surface area contributed by atoms with Crippen molar-refractivity contribution in [1.82, 2.24) is 20.0 Å². The molecule has 1 fully saturated rings. The highest BCUT2D eigenvalue weighted by atomic mass is 16.5. The van der Waals surface area contributed by atoms with E-state index in [9.17, 15) is 9.59 Å². The Bertz CT molecular complexity index is 1140. The molecule has 1 atom stereocenters.